The summed E-state index contributed by atoms with van der Waals surface area (Å²) in [6, 6.07) is 2.52. The molecule has 1 saturated heterocycles. The Balaban J connectivity index is 2.04. The monoisotopic (exact) mass is 338 g/mol. The molecule has 1 aliphatic heterocycles. The molecule has 0 aromatic carbocycles. The molecule has 2 heterocycles. The van der Waals surface area contributed by atoms with Gasteiger partial charge in [0.15, 0.2) is 0 Å². The van der Waals surface area contributed by atoms with Gasteiger partial charge in [0.2, 0.25) is 0 Å². The fraction of sp³-hybridized carbons (Fsp3) is 0.722. The van der Waals surface area contributed by atoms with Gasteiger partial charge in [-0.05, 0) is 70.0 Å². The Morgan fingerprint density at radius 1 is 1.52 bits per heavy atom. The molecule has 1 N–H and O–H groups in total. The number of thiophene rings is 1. The number of ether oxygens (including phenoxy) is 1. The minimum Gasteiger partial charge on any atom is -0.444 e. The summed E-state index contributed by atoms with van der Waals surface area (Å²) in [5, 5.41) is 5.85. The highest BCUT2D eigenvalue weighted by atomic mass is 32.1. The van der Waals surface area contributed by atoms with Crippen molar-refractivity contribution >= 4 is 17.4 Å². The lowest BCUT2D eigenvalue weighted by molar-refractivity contribution is 0.0285. The maximum absolute atomic E-state index is 12.3. The molecule has 0 bridgehead atoms. The molecule has 1 fully saturated rings. The molecule has 2 unspecified atom stereocenters. The molecule has 5 heteroatoms. The predicted octanol–water partition coefficient (Wildman–Crippen LogP) is 4.35. The third-order valence-electron chi connectivity index (χ3n) is 4.15. The summed E-state index contributed by atoms with van der Waals surface area (Å²) in [4.78, 5) is 15.6. The molecular formula is C18H30N2O2S. The van der Waals surface area contributed by atoms with Crippen molar-refractivity contribution in [2.45, 2.75) is 59.1 Å². The Kier molecular flexibility index (Phi) is 6.09. The second kappa shape index (κ2) is 7.67. The van der Waals surface area contributed by atoms with E-state index >= 15 is 0 Å². The van der Waals surface area contributed by atoms with Gasteiger partial charge in [0.05, 0.1) is 0 Å². The van der Waals surface area contributed by atoms with Gasteiger partial charge in [0.1, 0.15) is 5.60 Å². The number of hydrogen-bond acceptors (Lipinski definition) is 4. The summed E-state index contributed by atoms with van der Waals surface area (Å²) in [6.07, 6.45) is 1.96. The summed E-state index contributed by atoms with van der Waals surface area (Å²) in [7, 11) is 0. The molecule has 2 rings (SSSR count). The molecule has 0 spiro atoms. The van der Waals surface area contributed by atoms with E-state index in [2.05, 4.69) is 30.6 Å². The number of carbonyl (C=O) groups excluding carboxylic acids is 1. The SMILES string of the molecule is CCCNC(c1sccc1C)C1CCN(C(=O)OC(C)(C)C)C1. The van der Waals surface area contributed by atoms with Crippen molar-refractivity contribution < 1.29 is 9.53 Å². The number of amides is 1. The highest BCUT2D eigenvalue weighted by Crippen LogP contribution is 2.35. The van der Waals surface area contributed by atoms with Gasteiger partial charge in [-0.25, -0.2) is 4.79 Å². The smallest absolute Gasteiger partial charge is 0.410 e. The molecule has 130 valence electrons. The van der Waals surface area contributed by atoms with Gasteiger partial charge >= 0.3 is 6.09 Å². The van der Waals surface area contributed by atoms with E-state index in [1.54, 1.807) is 0 Å². The van der Waals surface area contributed by atoms with Gasteiger partial charge in [-0.2, -0.15) is 0 Å². The summed E-state index contributed by atoms with van der Waals surface area (Å²) >= 11 is 1.82. The molecule has 1 aromatic heterocycles. The minimum atomic E-state index is -0.431. The van der Waals surface area contributed by atoms with Crippen LogP contribution in [0.15, 0.2) is 11.4 Å². The first-order valence-corrected chi connectivity index (χ1v) is 9.45. The maximum Gasteiger partial charge on any atom is 0.410 e. The van der Waals surface area contributed by atoms with E-state index in [0.29, 0.717) is 12.0 Å². The van der Waals surface area contributed by atoms with Crippen molar-refractivity contribution in [3.8, 4) is 0 Å². The van der Waals surface area contributed by atoms with Gasteiger partial charge in [0.25, 0.3) is 0 Å². The van der Waals surface area contributed by atoms with Crippen LogP contribution in [-0.4, -0.2) is 36.2 Å². The van der Waals surface area contributed by atoms with Crippen LogP contribution in [0, 0.1) is 12.8 Å². The second-order valence-electron chi connectivity index (χ2n) is 7.37. The highest BCUT2D eigenvalue weighted by Gasteiger charge is 2.35. The Morgan fingerprint density at radius 3 is 2.83 bits per heavy atom. The van der Waals surface area contributed by atoms with Crippen molar-refractivity contribution in [3.63, 3.8) is 0 Å². The zero-order valence-electron chi connectivity index (χ0n) is 15.0. The Hall–Kier alpha value is -1.07. The van der Waals surface area contributed by atoms with Gasteiger partial charge in [-0.1, -0.05) is 6.92 Å². The summed E-state index contributed by atoms with van der Waals surface area (Å²) in [6.45, 7) is 12.7. The highest BCUT2D eigenvalue weighted by molar-refractivity contribution is 7.10. The van der Waals surface area contributed by atoms with Crippen molar-refractivity contribution in [1.82, 2.24) is 10.2 Å². The average Bonchev–Trinajstić information content (AvgIpc) is 3.08. The Bertz CT molecular complexity index is 521. The Morgan fingerprint density at radius 2 is 2.26 bits per heavy atom. The quantitative estimate of drug-likeness (QED) is 0.867. The van der Waals surface area contributed by atoms with Crippen molar-refractivity contribution in [3.05, 3.63) is 21.9 Å². The van der Waals surface area contributed by atoms with Crippen molar-refractivity contribution in [1.29, 1.82) is 0 Å². The molecule has 1 amide bonds. The van der Waals surface area contributed by atoms with Crippen LogP contribution in [-0.2, 0) is 4.74 Å². The first kappa shape index (κ1) is 18.3. The van der Waals surface area contributed by atoms with Crippen LogP contribution < -0.4 is 5.32 Å². The van der Waals surface area contributed by atoms with Gasteiger partial charge in [0, 0.05) is 24.0 Å². The van der Waals surface area contributed by atoms with E-state index < -0.39 is 5.60 Å². The molecule has 1 aromatic rings. The van der Waals surface area contributed by atoms with Crippen LogP contribution >= 0.6 is 11.3 Å². The third-order valence-corrected chi connectivity index (χ3v) is 5.25. The minimum absolute atomic E-state index is 0.183. The molecule has 1 aliphatic rings. The number of nitrogens with one attached hydrogen (secondary N) is 1. The molecule has 4 nitrogen and oxygen atoms in total. The lowest BCUT2D eigenvalue weighted by Crippen LogP contribution is -2.37. The van der Waals surface area contributed by atoms with E-state index in [-0.39, 0.29) is 6.09 Å². The van der Waals surface area contributed by atoms with Crippen LogP contribution in [0.2, 0.25) is 0 Å². The normalized spacial score (nSPS) is 19.9. The lowest BCUT2D eigenvalue weighted by Gasteiger charge is -2.27. The maximum atomic E-state index is 12.3. The van der Waals surface area contributed by atoms with E-state index in [0.717, 1.165) is 32.5 Å². The van der Waals surface area contributed by atoms with Gasteiger partial charge < -0.3 is 15.0 Å². The van der Waals surface area contributed by atoms with Crippen LogP contribution in [0.5, 0.6) is 0 Å². The van der Waals surface area contributed by atoms with Crippen LogP contribution in [0.3, 0.4) is 0 Å². The topological polar surface area (TPSA) is 41.6 Å². The first-order valence-electron chi connectivity index (χ1n) is 8.57. The summed E-state index contributed by atoms with van der Waals surface area (Å²) in [5.41, 5.74) is 0.915. The van der Waals surface area contributed by atoms with E-state index in [1.165, 1.54) is 10.4 Å². The number of rotatable bonds is 5. The average molecular weight is 339 g/mol. The van der Waals surface area contributed by atoms with E-state index in [1.807, 2.05) is 37.0 Å². The molecule has 0 aliphatic carbocycles. The molecule has 23 heavy (non-hydrogen) atoms. The number of hydrogen-bond donors (Lipinski definition) is 1. The fourth-order valence-electron chi connectivity index (χ4n) is 3.03. The van der Waals surface area contributed by atoms with Crippen LogP contribution in [0.4, 0.5) is 4.79 Å². The zero-order valence-corrected chi connectivity index (χ0v) is 15.8. The second-order valence-corrected chi connectivity index (χ2v) is 8.32. The molecule has 0 saturated carbocycles. The number of carbonyl (C=O) groups is 1. The van der Waals surface area contributed by atoms with Gasteiger partial charge in [-0.15, -0.1) is 11.3 Å². The van der Waals surface area contributed by atoms with Gasteiger partial charge in [-0.3, -0.25) is 0 Å². The van der Waals surface area contributed by atoms with E-state index in [9.17, 15) is 4.79 Å². The summed E-state index contributed by atoms with van der Waals surface area (Å²) < 4.78 is 5.51. The van der Waals surface area contributed by atoms with E-state index in [4.69, 9.17) is 4.74 Å². The molecular weight excluding hydrogens is 308 g/mol. The molecule has 2 atom stereocenters. The third kappa shape index (κ3) is 4.95. The van der Waals surface area contributed by atoms with Crippen LogP contribution in [0.1, 0.15) is 57.0 Å². The van der Waals surface area contributed by atoms with Crippen molar-refractivity contribution in [2.75, 3.05) is 19.6 Å². The van der Waals surface area contributed by atoms with Crippen LogP contribution in [0.25, 0.3) is 0 Å². The summed E-state index contributed by atoms with van der Waals surface area (Å²) in [5.74, 6) is 0.450. The fourth-order valence-corrected chi connectivity index (χ4v) is 4.12. The zero-order chi connectivity index (χ0) is 17.0. The standard InChI is InChI=1S/C18H30N2O2S/c1-6-9-19-15(16-13(2)8-11-23-16)14-7-10-20(12-14)17(21)22-18(3,4)5/h8,11,14-15,19H,6-7,9-10,12H2,1-5H3. The lowest BCUT2D eigenvalue weighted by atomic mass is 9.95. The predicted molar refractivity (Wildman–Crippen MR) is 96.0 cm³/mol. The largest absolute Gasteiger partial charge is 0.444 e. The number of likely N-dealkylation sites (tertiary alicyclic amines) is 1. The van der Waals surface area contributed by atoms with Crippen molar-refractivity contribution in [2.24, 2.45) is 5.92 Å². The Labute approximate surface area is 144 Å². The first-order chi connectivity index (χ1) is 10.8. The number of aryl methyl sites for hydroxylation is 1. The molecule has 0 radical (unpaired) electrons. The number of nitrogens with zero attached hydrogens (tertiary/aromatic N) is 1.